The number of hydrogen-bond acceptors (Lipinski definition) is 4. The maximum atomic E-state index is 11.5. The molecule has 0 radical (unpaired) electrons. The third-order valence-electron chi connectivity index (χ3n) is 1.46. The van der Waals surface area contributed by atoms with Crippen LogP contribution in [0.4, 0.5) is 0 Å². The van der Waals surface area contributed by atoms with Crippen molar-refractivity contribution >= 4 is 5.97 Å². The molecule has 0 amide bonds. The van der Waals surface area contributed by atoms with Gasteiger partial charge in [-0.1, -0.05) is 0 Å². The quantitative estimate of drug-likeness (QED) is 0.649. The largest absolute Gasteiger partial charge is 0.457 e. The van der Waals surface area contributed by atoms with E-state index in [1.54, 1.807) is 6.08 Å². The molecule has 1 aliphatic heterocycles. The Morgan fingerprint density at radius 1 is 1.57 bits per heavy atom. The fourth-order valence-electron chi connectivity index (χ4n) is 0.912. The average Bonchev–Trinajstić information content (AvgIpc) is 2.27. The van der Waals surface area contributed by atoms with Crippen molar-refractivity contribution in [2.24, 2.45) is 0 Å². The molecule has 78 valence electrons. The molecular weight excluding hydrogens is 182 g/mol. The Morgan fingerprint density at radius 2 is 2.29 bits per heavy atom. The van der Waals surface area contributed by atoms with Crippen molar-refractivity contribution in [3.63, 3.8) is 0 Å². The molecule has 0 aromatic rings. The highest BCUT2D eigenvalue weighted by atomic mass is 16.6. The summed E-state index contributed by atoms with van der Waals surface area (Å²) in [7, 11) is 0. The first-order valence-electron chi connectivity index (χ1n) is 4.47. The van der Waals surface area contributed by atoms with Crippen molar-refractivity contribution in [3.8, 4) is 0 Å². The van der Waals surface area contributed by atoms with Crippen molar-refractivity contribution in [3.05, 3.63) is 24.1 Å². The Labute approximate surface area is 83.5 Å². The Kier molecular flexibility index (Phi) is 3.17. The third kappa shape index (κ3) is 3.51. The molecular formula is C10H15NO3. The lowest BCUT2D eigenvalue weighted by Crippen LogP contribution is -2.25. The Bertz CT molecular complexity index is 274. The highest BCUT2D eigenvalue weighted by Gasteiger charge is 2.19. The van der Waals surface area contributed by atoms with Gasteiger partial charge in [0.05, 0.1) is 5.57 Å². The van der Waals surface area contributed by atoms with Crippen LogP contribution in [0, 0.1) is 0 Å². The minimum Gasteiger partial charge on any atom is -0.457 e. The molecule has 0 aromatic heterocycles. The molecule has 0 unspecified atom stereocenters. The molecule has 14 heavy (non-hydrogen) atoms. The van der Waals surface area contributed by atoms with Crippen molar-refractivity contribution in [2.75, 3.05) is 0 Å². The molecule has 4 nitrogen and oxygen atoms in total. The summed E-state index contributed by atoms with van der Waals surface area (Å²) in [4.78, 5) is 16.3. The number of allylic oxidation sites excluding steroid dienone is 1. The van der Waals surface area contributed by atoms with Crippen LogP contribution >= 0.6 is 0 Å². The lowest BCUT2D eigenvalue weighted by Gasteiger charge is -2.19. The van der Waals surface area contributed by atoms with Gasteiger partial charge in [-0.2, -0.15) is 0 Å². The molecule has 0 saturated carbocycles. The molecule has 1 rings (SSSR count). The molecule has 1 N–H and O–H groups in total. The van der Waals surface area contributed by atoms with Gasteiger partial charge in [0, 0.05) is 12.6 Å². The number of carbonyl (C=O) groups is 1. The fourth-order valence-corrected chi connectivity index (χ4v) is 0.912. The van der Waals surface area contributed by atoms with Gasteiger partial charge >= 0.3 is 5.97 Å². The van der Waals surface area contributed by atoms with Crippen LogP contribution in [0.2, 0.25) is 0 Å². The Morgan fingerprint density at radius 3 is 2.93 bits per heavy atom. The maximum Gasteiger partial charge on any atom is 0.336 e. The molecule has 0 atom stereocenters. The van der Waals surface area contributed by atoms with E-state index in [2.05, 4.69) is 5.48 Å². The monoisotopic (exact) mass is 197 g/mol. The second-order valence-electron chi connectivity index (χ2n) is 3.98. The zero-order chi connectivity index (χ0) is 10.6. The minimum absolute atomic E-state index is 0.319. The van der Waals surface area contributed by atoms with Gasteiger partial charge in [-0.05, 0) is 26.8 Å². The molecule has 0 saturated heterocycles. The number of nitrogens with one attached hydrogen (secondary N) is 1. The molecule has 1 aliphatic rings. The number of ether oxygens (including phenoxy) is 1. The topological polar surface area (TPSA) is 47.6 Å². The summed E-state index contributed by atoms with van der Waals surface area (Å²) in [6.07, 6.45) is 5.26. The summed E-state index contributed by atoms with van der Waals surface area (Å²) < 4.78 is 5.20. The zero-order valence-electron chi connectivity index (χ0n) is 8.66. The fraction of sp³-hybridized carbons (Fsp3) is 0.500. The highest BCUT2D eigenvalue weighted by molar-refractivity contribution is 5.88. The molecule has 1 heterocycles. The van der Waals surface area contributed by atoms with E-state index >= 15 is 0 Å². The Balaban J connectivity index is 2.60. The summed E-state index contributed by atoms with van der Waals surface area (Å²) in [5, 5.41) is 0. The molecule has 0 bridgehead atoms. The summed E-state index contributed by atoms with van der Waals surface area (Å²) >= 11 is 0. The zero-order valence-corrected chi connectivity index (χ0v) is 8.66. The molecule has 0 fully saturated rings. The van der Waals surface area contributed by atoms with Crippen molar-refractivity contribution in [2.45, 2.75) is 32.8 Å². The van der Waals surface area contributed by atoms with E-state index in [1.165, 1.54) is 12.5 Å². The summed E-state index contributed by atoms with van der Waals surface area (Å²) in [6.45, 7) is 5.51. The molecule has 0 aliphatic carbocycles. The van der Waals surface area contributed by atoms with E-state index in [1.807, 2.05) is 20.8 Å². The third-order valence-corrected chi connectivity index (χ3v) is 1.46. The standard InChI is InChI=1S/C10H15NO3/c1-10(2,3)14-9(12)8-5-4-6-13-11-7-8/h4,6-7,11H,5H2,1-3H3. The molecule has 0 aromatic carbocycles. The number of carbonyl (C=O) groups excluding carboxylic acids is 1. The number of esters is 1. The number of hydrogen-bond donors (Lipinski definition) is 1. The van der Waals surface area contributed by atoms with Gasteiger partial charge in [0.25, 0.3) is 0 Å². The van der Waals surface area contributed by atoms with Crippen molar-refractivity contribution < 1.29 is 14.4 Å². The predicted molar refractivity (Wildman–Crippen MR) is 51.9 cm³/mol. The SMILES string of the molecule is CC(C)(C)OC(=O)C1=CNOC=CC1. The first kappa shape index (κ1) is 10.6. The van der Waals surface area contributed by atoms with Crippen LogP contribution in [0.3, 0.4) is 0 Å². The van der Waals surface area contributed by atoms with E-state index in [0.717, 1.165) is 0 Å². The first-order valence-corrected chi connectivity index (χ1v) is 4.47. The van der Waals surface area contributed by atoms with E-state index in [4.69, 9.17) is 9.57 Å². The maximum absolute atomic E-state index is 11.5. The second-order valence-corrected chi connectivity index (χ2v) is 3.98. The predicted octanol–water partition coefficient (Wildman–Crippen LogP) is 1.65. The number of rotatable bonds is 1. The number of hydroxylamine groups is 1. The van der Waals surface area contributed by atoms with Gasteiger partial charge in [-0.15, -0.1) is 0 Å². The van der Waals surface area contributed by atoms with Crippen LogP contribution in [0.1, 0.15) is 27.2 Å². The van der Waals surface area contributed by atoms with Crippen LogP contribution < -0.4 is 5.48 Å². The summed E-state index contributed by atoms with van der Waals surface area (Å²) in [5.74, 6) is -0.319. The van der Waals surface area contributed by atoms with Crippen LogP contribution in [0.5, 0.6) is 0 Å². The van der Waals surface area contributed by atoms with Crippen LogP contribution in [-0.4, -0.2) is 11.6 Å². The minimum atomic E-state index is -0.463. The van der Waals surface area contributed by atoms with Gasteiger partial charge in [-0.3, -0.25) is 0 Å². The van der Waals surface area contributed by atoms with E-state index in [9.17, 15) is 4.79 Å². The summed E-state index contributed by atoms with van der Waals surface area (Å²) in [5.41, 5.74) is 2.60. The van der Waals surface area contributed by atoms with E-state index < -0.39 is 5.60 Å². The molecule has 0 spiro atoms. The van der Waals surface area contributed by atoms with Gasteiger partial charge in [0.15, 0.2) is 0 Å². The van der Waals surface area contributed by atoms with Crippen molar-refractivity contribution in [1.82, 2.24) is 5.48 Å². The van der Waals surface area contributed by atoms with Gasteiger partial charge < -0.3 is 9.57 Å². The van der Waals surface area contributed by atoms with Crippen LogP contribution in [0.15, 0.2) is 24.1 Å². The van der Waals surface area contributed by atoms with E-state index in [-0.39, 0.29) is 5.97 Å². The summed E-state index contributed by atoms with van der Waals surface area (Å²) in [6, 6.07) is 0. The second kappa shape index (κ2) is 4.17. The lowest BCUT2D eigenvalue weighted by atomic mass is 10.1. The van der Waals surface area contributed by atoms with Gasteiger partial charge in [-0.25, -0.2) is 10.3 Å². The first-order chi connectivity index (χ1) is 6.49. The van der Waals surface area contributed by atoms with Gasteiger partial charge in [0.2, 0.25) is 0 Å². The Hall–Kier alpha value is -1.45. The lowest BCUT2D eigenvalue weighted by molar-refractivity contribution is -0.150. The normalized spacial score (nSPS) is 16.1. The average molecular weight is 197 g/mol. The smallest absolute Gasteiger partial charge is 0.336 e. The van der Waals surface area contributed by atoms with E-state index in [0.29, 0.717) is 12.0 Å². The van der Waals surface area contributed by atoms with Crippen molar-refractivity contribution in [1.29, 1.82) is 0 Å². The highest BCUT2D eigenvalue weighted by Crippen LogP contribution is 2.13. The molecule has 4 heteroatoms. The van der Waals surface area contributed by atoms with Crippen LogP contribution in [-0.2, 0) is 14.4 Å². The van der Waals surface area contributed by atoms with Gasteiger partial charge in [0.1, 0.15) is 11.9 Å². The van der Waals surface area contributed by atoms with Crippen LogP contribution in [0.25, 0.3) is 0 Å².